The van der Waals surface area contributed by atoms with Crippen molar-refractivity contribution < 1.29 is 15.3 Å². The van der Waals surface area contributed by atoms with Crippen LogP contribution in [0.5, 0.6) is 0 Å². The van der Waals surface area contributed by atoms with Gasteiger partial charge in [-0.2, -0.15) is 0 Å². The van der Waals surface area contributed by atoms with E-state index in [9.17, 15) is 0 Å². The molecule has 0 aromatic carbocycles. The Morgan fingerprint density at radius 1 is 1.12 bits per heavy atom. The lowest BCUT2D eigenvalue weighted by Gasteiger charge is -2.34. The van der Waals surface area contributed by atoms with Crippen LogP contribution in [-0.4, -0.2) is 44.8 Å². The molecule has 1 aromatic heterocycles. The van der Waals surface area contributed by atoms with E-state index < -0.39 is 0 Å². The summed E-state index contributed by atoms with van der Waals surface area (Å²) in [5.74, 6) is 0. The summed E-state index contributed by atoms with van der Waals surface area (Å²) in [6.45, 7) is 20.5. The second kappa shape index (κ2) is 17.4. The van der Waals surface area contributed by atoms with E-state index in [-0.39, 0.29) is 11.0 Å². The Bertz CT molecular complexity index is 407. The van der Waals surface area contributed by atoms with Gasteiger partial charge in [-0.1, -0.05) is 53.7 Å². The fourth-order valence-electron chi connectivity index (χ4n) is 2.79. The fourth-order valence-corrected chi connectivity index (χ4v) is 2.79. The molecule has 0 radical (unpaired) electrons. The molecule has 0 bridgehead atoms. The molecule has 3 N–H and O–H groups in total. The highest BCUT2D eigenvalue weighted by molar-refractivity contribution is 4.98. The number of hydrogen-bond acceptors (Lipinski definition) is 6. The topological polar surface area (TPSA) is 92.4 Å². The van der Waals surface area contributed by atoms with Gasteiger partial charge in [0, 0.05) is 12.8 Å². The summed E-state index contributed by atoms with van der Waals surface area (Å²) in [4.78, 5) is 0. The Morgan fingerprint density at radius 2 is 1.65 bits per heavy atom. The van der Waals surface area contributed by atoms with Crippen LogP contribution in [0.4, 0.5) is 0 Å². The summed E-state index contributed by atoms with van der Waals surface area (Å²) in [6, 6.07) is 0. The Labute approximate surface area is 161 Å². The maximum atomic E-state index is 6.00. The van der Waals surface area contributed by atoms with Crippen molar-refractivity contribution in [3.63, 3.8) is 0 Å². The molecule has 0 spiro atoms. The van der Waals surface area contributed by atoms with E-state index in [1.807, 2.05) is 45.6 Å². The van der Waals surface area contributed by atoms with Crippen molar-refractivity contribution in [2.45, 2.75) is 93.8 Å². The smallest absolute Gasteiger partial charge is 0.0919 e. The van der Waals surface area contributed by atoms with E-state index in [0.29, 0.717) is 6.67 Å². The standard InChI is InChI=1S/C15H30N4O.2C2H6.H2O2/c1-7-8-20-15(4,5)11-14(2,3)9-13-10-19(12-16-6)18-17-13;3*1-2/h10,16H,7-9,11-12H2,1-6H3;2*1-2H3;1-2H. The van der Waals surface area contributed by atoms with Gasteiger partial charge >= 0.3 is 0 Å². The number of aromatic nitrogens is 3. The Morgan fingerprint density at radius 3 is 2.12 bits per heavy atom. The highest BCUT2D eigenvalue weighted by atomic mass is 17.0. The predicted octanol–water partition coefficient (Wildman–Crippen LogP) is 4.69. The summed E-state index contributed by atoms with van der Waals surface area (Å²) in [5.41, 5.74) is 1.08. The monoisotopic (exact) mass is 376 g/mol. The molecule has 7 heteroatoms. The van der Waals surface area contributed by atoms with Crippen molar-refractivity contribution in [3.8, 4) is 0 Å². The predicted molar refractivity (Wildman–Crippen MR) is 109 cm³/mol. The molecule has 158 valence electrons. The van der Waals surface area contributed by atoms with E-state index in [4.69, 9.17) is 15.3 Å². The first-order valence-corrected chi connectivity index (χ1v) is 9.65. The summed E-state index contributed by atoms with van der Waals surface area (Å²) in [7, 11) is 1.90. The van der Waals surface area contributed by atoms with Crippen molar-refractivity contribution in [2.75, 3.05) is 13.7 Å². The van der Waals surface area contributed by atoms with Crippen LogP contribution in [0.2, 0.25) is 0 Å². The molecule has 0 saturated heterocycles. The van der Waals surface area contributed by atoms with Crippen molar-refractivity contribution in [3.05, 3.63) is 11.9 Å². The third kappa shape index (κ3) is 15.3. The SMILES string of the molecule is CC.CC.CCCOC(C)(C)CC(C)(C)Cc1cn(CNC)nn1.OO. The number of hydrogen-bond donors (Lipinski definition) is 3. The second-order valence-corrected chi connectivity index (χ2v) is 6.89. The molecule has 0 saturated carbocycles. The van der Waals surface area contributed by atoms with Crippen LogP contribution in [0.3, 0.4) is 0 Å². The van der Waals surface area contributed by atoms with Gasteiger partial charge in [-0.15, -0.1) is 5.10 Å². The number of ether oxygens (including phenoxy) is 1. The van der Waals surface area contributed by atoms with E-state index in [0.717, 1.165) is 31.6 Å². The van der Waals surface area contributed by atoms with Crippen LogP contribution in [0.1, 0.15) is 80.8 Å². The maximum absolute atomic E-state index is 6.00. The van der Waals surface area contributed by atoms with Crippen LogP contribution >= 0.6 is 0 Å². The lowest BCUT2D eigenvalue weighted by Crippen LogP contribution is -2.33. The molecule has 7 nitrogen and oxygen atoms in total. The maximum Gasteiger partial charge on any atom is 0.0919 e. The van der Waals surface area contributed by atoms with Crippen molar-refractivity contribution in [1.29, 1.82) is 0 Å². The van der Waals surface area contributed by atoms with Gasteiger partial charge in [-0.3, -0.25) is 10.5 Å². The number of nitrogens with one attached hydrogen (secondary N) is 1. The number of rotatable bonds is 9. The molecule has 1 heterocycles. The average Bonchev–Trinajstić information content (AvgIpc) is 3.04. The number of nitrogens with zero attached hydrogens (tertiary/aromatic N) is 3. The molecule has 0 aliphatic rings. The molecule has 1 aromatic rings. The van der Waals surface area contributed by atoms with Crippen molar-refractivity contribution in [2.24, 2.45) is 5.41 Å². The summed E-state index contributed by atoms with van der Waals surface area (Å²) in [6.07, 6.45) is 4.98. The van der Waals surface area contributed by atoms with Crippen molar-refractivity contribution in [1.82, 2.24) is 20.3 Å². The zero-order valence-electron chi connectivity index (χ0n) is 18.8. The van der Waals surface area contributed by atoms with E-state index >= 15 is 0 Å². The average molecular weight is 377 g/mol. The van der Waals surface area contributed by atoms with Crippen LogP contribution in [0, 0.1) is 5.41 Å². The quantitative estimate of drug-likeness (QED) is 0.428. The summed E-state index contributed by atoms with van der Waals surface area (Å²) in [5, 5.41) is 23.4. The normalized spacial score (nSPS) is 10.6. The van der Waals surface area contributed by atoms with E-state index in [1.165, 1.54) is 0 Å². The lowest BCUT2D eigenvalue weighted by atomic mass is 9.78. The summed E-state index contributed by atoms with van der Waals surface area (Å²) < 4.78 is 7.77. The largest absolute Gasteiger partial charge is 0.376 e. The molecule has 0 fully saturated rings. The van der Waals surface area contributed by atoms with Crippen LogP contribution in [0.25, 0.3) is 0 Å². The van der Waals surface area contributed by atoms with E-state index in [1.54, 1.807) is 0 Å². The Hall–Kier alpha value is -1.02. The minimum absolute atomic E-state index is 0.0967. The van der Waals surface area contributed by atoms with Gasteiger partial charge in [0.25, 0.3) is 0 Å². The van der Waals surface area contributed by atoms with E-state index in [2.05, 4.69) is 50.2 Å². The molecular formula is C19H44N4O3. The molecular weight excluding hydrogens is 332 g/mol. The van der Waals surface area contributed by atoms with Gasteiger partial charge in [0.1, 0.15) is 0 Å². The molecule has 0 aliphatic carbocycles. The molecule has 0 amide bonds. The molecule has 26 heavy (non-hydrogen) atoms. The van der Waals surface area contributed by atoms with Gasteiger partial charge in [0.15, 0.2) is 0 Å². The van der Waals surface area contributed by atoms with Crippen LogP contribution in [-0.2, 0) is 17.8 Å². The van der Waals surface area contributed by atoms with Gasteiger partial charge in [0.05, 0.1) is 18.0 Å². The first-order chi connectivity index (χ1) is 12.3. The highest BCUT2D eigenvalue weighted by Crippen LogP contribution is 2.33. The van der Waals surface area contributed by atoms with Crippen molar-refractivity contribution >= 4 is 0 Å². The first kappa shape index (κ1) is 29.7. The molecule has 1 rings (SSSR count). The third-order valence-corrected chi connectivity index (χ3v) is 3.17. The molecule has 0 atom stereocenters. The minimum Gasteiger partial charge on any atom is -0.376 e. The molecule has 0 aliphatic heterocycles. The highest BCUT2D eigenvalue weighted by Gasteiger charge is 2.30. The zero-order valence-corrected chi connectivity index (χ0v) is 18.8. The van der Waals surface area contributed by atoms with Gasteiger partial charge < -0.3 is 10.1 Å². The minimum atomic E-state index is -0.0967. The summed E-state index contributed by atoms with van der Waals surface area (Å²) >= 11 is 0. The van der Waals surface area contributed by atoms with Gasteiger partial charge in [0.2, 0.25) is 0 Å². The second-order valence-electron chi connectivity index (χ2n) is 6.89. The fraction of sp³-hybridized carbons (Fsp3) is 0.895. The lowest BCUT2D eigenvalue weighted by molar-refractivity contribution is -0.176. The van der Waals surface area contributed by atoms with Crippen LogP contribution in [0.15, 0.2) is 6.20 Å². The van der Waals surface area contributed by atoms with Gasteiger partial charge in [-0.25, -0.2) is 4.68 Å². The Balaban J connectivity index is -0.000000795. The van der Waals surface area contributed by atoms with Crippen LogP contribution < -0.4 is 5.32 Å². The van der Waals surface area contributed by atoms with Gasteiger partial charge in [-0.05, 0) is 45.6 Å². The Kier molecular flexibility index (Phi) is 19.9. The zero-order chi connectivity index (χ0) is 21.2. The first-order valence-electron chi connectivity index (χ1n) is 9.65. The third-order valence-electron chi connectivity index (χ3n) is 3.17. The molecule has 0 unspecified atom stereocenters.